The van der Waals surface area contributed by atoms with Gasteiger partial charge in [0.05, 0.1) is 16.5 Å². The third-order valence-corrected chi connectivity index (χ3v) is 3.25. The second-order valence-electron chi connectivity index (χ2n) is 4.38. The van der Waals surface area contributed by atoms with E-state index in [9.17, 15) is 9.59 Å². The average Bonchev–Trinajstić information content (AvgIpc) is 2.78. The molecule has 0 spiro atoms. The van der Waals surface area contributed by atoms with Crippen LogP contribution in [0.4, 0.5) is 5.69 Å². The number of carboxylic acid groups (broad SMARTS) is 1. The van der Waals surface area contributed by atoms with E-state index < -0.39 is 5.97 Å². The minimum Gasteiger partial charge on any atom is -0.478 e. The van der Waals surface area contributed by atoms with Crippen LogP contribution in [0.1, 0.15) is 16.8 Å². The fourth-order valence-electron chi connectivity index (χ4n) is 1.92. The Morgan fingerprint density at radius 2 is 2.11 bits per heavy atom. The summed E-state index contributed by atoms with van der Waals surface area (Å²) in [6.07, 6.45) is 4.11. The van der Waals surface area contributed by atoms with Crippen molar-refractivity contribution in [2.45, 2.75) is 12.5 Å². The molecule has 2 unspecified atom stereocenters. The highest BCUT2D eigenvalue weighted by atomic mass is 35.5. The number of anilines is 1. The van der Waals surface area contributed by atoms with Gasteiger partial charge in [0.15, 0.2) is 0 Å². The maximum absolute atomic E-state index is 11.9. The van der Waals surface area contributed by atoms with E-state index in [2.05, 4.69) is 5.32 Å². The largest absolute Gasteiger partial charge is 0.478 e. The van der Waals surface area contributed by atoms with E-state index in [1.165, 1.54) is 12.1 Å². The van der Waals surface area contributed by atoms with Gasteiger partial charge in [-0.25, -0.2) is 4.79 Å². The van der Waals surface area contributed by atoms with Crippen LogP contribution < -0.4 is 11.1 Å². The minimum absolute atomic E-state index is 0.0434. The maximum atomic E-state index is 11.9. The van der Waals surface area contributed by atoms with Crippen molar-refractivity contribution in [1.29, 1.82) is 0 Å². The monoisotopic (exact) mass is 280 g/mol. The lowest BCUT2D eigenvalue weighted by atomic mass is 10.1. The molecule has 5 nitrogen and oxygen atoms in total. The predicted octanol–water partition coefficient (Wildman–Crippen LogP) is 1.88. The summed E-state index contributed by atoms with van der Waals surface area (Å²) in [5, 5.41) is 11.7. The zero-order valence-corrected chi connectivity index (χ0v) is 10.7. The molecule has 0 saturated carbocycles. The van der Waals surface area contributed by atoms with E-state index in [0.29, 0.717) is 12.1 Å². The lowest BCUT2D eigenvalue weighted by Crippen LogP contribution is -2.24. The number of nitrogens with one attached hydrogen (secondary N) is 1. The van der Waals surface area contributed by atoms with Gasteiger partial charge in [-0.15, -0.1) is 0 Å². The fraction of sp³-hybridized carbons (Fsp3) is 0.231. The average molecular weight is 281 g/mol. The van der Waals surface area contributed by atoms with Gasteiger partial charge in [0.25, 0.3) is 0 Å². The number of nitrogens with two attached hydrogens (primary N) is 1. The van der Waals surface area contributed by atoms with Crippen molar-refractivity contribution in [3.63, 3.8) is 0 Å². The second-order valence-corrected chi connectivity index (χ2v) is 4.79. The van der Waals surface area contributed by atoms with Gasteiger partial charge in [0.2, 0.25) is 5.91 Å². The zero-order valence-electron chi connectivity index (χ0n) is 9.97. The number of carbonyl (C=O) groups excluding carboxylic acids is 1. The summed E-state index contributed by atoms with van der Waals surface area (Å²) in [5.41, 5.74) is 6.04. The van der Waals surface area contributed by atoms with Gasteiger partial charge >= 0.3 is 5.97 Å². The Hall–Kier alpha value is -1.85. The van der Waals surface area contributed by atoms with Crippen molar-refractivity contribution in [2.75, 3.05) is 5.32 Å². The second kappa shape index (κ2) is 5.42. The number of benzene rings is 1. The molecule has 0 aliphatic heterocycles. The van der Waals surface area contributed by atoms with Crippen LogP contribution in [-0.2, 0) is 4.79 Å². The van der Waals surface area contributed by atoms with E-state index >= 15 is 0 Å². The summed E-state index contributed by atoms with van der Waals surface area (Å²) < 4.78 is 0. The van der Waals surface area contributed by atoms with Crippen molar-refractivity contribution in [3.05, 3.63) is 40.9 Å². The van der Waals surface area contributed by atoms with Gasteiger partial charge in [0, 0.05) is 11.7 Å². The molecule has 0 fully saturated rings. The minimum atomic E-state index is -1.14. The van der Waals surface area contributed by atoms with Crippen molar-refractivity contribution < 1.29 is 14.7 Å². The molecule has 0 aromatic heterocycles. The molecule has 100 valence electrons. The molecule has 2 rings (SSSR count). The third-order valence-electron chi connectivity index (χ3n) is 2.92. The van der Waals surface area contributed by atoms with Gasteiger partial charge in [0.1, 0.15) is 0 Å². The summed E-state index contributed by atoms with van der Waals surface area (Å²) in [5.74, 6) is -1.62. The number of amides is 1. The maximum Gasteiger partial charge on any atom is 0.337 e. The molecule has 2 atom stereocenters. The number of carboxylic acids is 1. The van der Waals surface area contributed by atoms with Crippen LogP contribution >= 0.6 is 11.6 Å². The van der Waals surface area contributed by atoms with Crippen LogP contribution in [0.15, 0.2) is 30.4 Å². The Bertz CT molecular complexity index is 557. The highest BCUT2D eigenvalue weighted by Crippen LogP contribution is 2.23. The smallest absolute Gasteiger partial charge is 0.337 e. The van der Waals surface area contributed by atoms with E-state index in [1.54, 1.807) is 18.2 Å². The van der Waals surface area contributed by atoms with Crippen molar-refractivity contribution in [3.8, 4) is 0 Å². The van der Waals surface area contributed by atoms with Crippen molar-refractivity contribution >= 4 is 29.2 Å². The molecular formula is C13H13ClN2O3. The first-order valence-electron chi connectivity index (χ1n) is 5.75. The number of carbonyl (C=O) groups is 2. The highest BCUT2D eigenvalue weighted by molar-refractivity contribution is 6.33. The highest BCUT2D eigenvalue weighted by Gasteiger charge is 2.23. The number of hydrogen-bond donors (Lipinski definition) is 3. The molecule has 1 aliphatic carbocycles. The molecule has 0 bridgehead atoms. The summed E-state index contributed by atoms with van der Waals surface area (Å²) in [6.45, 7) is 0. The quantitative estimate of drug-likeness (QED) is 0.737. The molecule has 6 heteroatoms. The molecule has 1 aliphatic rings. The van der Waals surface area contributed by atoms with Crippen LogP contribution in [0.25, 0.3) is 0 Å². The van der Waals surface area contributed by atoms with Crippen LogP contribution in [-0.4, -0.2) is 23.0 Å². The van der Waals surface area contributed by atoms with E-state index in [-0.39, 0.29) is 28.5 Å². The number of aromatic carboxylic acids is 1. The van der Waals surface area contributed by atoms with Gasteiger partial charge in [-0.3, -0.25) is 4.79 Å². The van der Waals surface area contributed by atoms with Gasteiger partial charge in [-0.2, -0.15) is 0 Å². The van der Waals surface area contributed by atoms with Gasteiger partial charge < -0.3 is 16.2 Å². The zero-order chi connectivity index (χ0) is 14.0. The molecular weight excluding hydrogens is 268 g/mol. The molecule has 1 aromatic carbocycles. The van der Waals surface area contributed by atoms with E-state index in [1.807, 2.05) is 0 Å². The van der Waals surface area contributed by atoms with E-state index in [0.717, 1.165) is 0 Å². The topological polar surface area (TPSA) is 92.4 Å². The lowest BCUT2D eigenvalue weighted by Gasteiger charge is -2.11. The van der Waals surface area contributed by atoms with Gasteiger partial charge in [-0.1, -0.05) is 23.8 Å². The third kappa shape index (κ3) is 3.13. The standard InChI is InChI=1S/C13H13ClN2O3/c14-11-4-3-9(6-10(11)13(18)19)16-12(17)7-1-2-8(15)5-7/h1-4,6-8H,5,15H2,(H,16,17)(H,18,19). The first-order valence-corrected chi connectivity index (χ1v) is 6.13. The first-order chi connectivity index (χ1) is 8.97. The van der Waals surface area contributed by atoms with Gasteiger partial charge in [-0.05, 0) is 24.6 Å². The van der Waals surface area contributed by atoms with Crippen molar-refractivity contribution in [1.82, 2.24) is 0 Å². The SMILES string of the molecule is NC1C=CC(C(=O)Nc2ccc(Cl)c(C(=O)O)c2)C1. The molecule has 1 amide bonds. The first kappa shape index (κ1) is 13.6. The van der Waals surface area contributed by atoms with E-state index in [4.69, 9.17) is 22.4 Å². The van der Waals surface area contributed by atoms with Crippen LogP contribution in [0.2, 0.25) is 5.02 Å². The van der Waals surface area contributed by atoms with Crippen LogP contribution in [0.5, 0.6) is 0 Å². The fourth-order valence-corrected chi connectivity index (χ4v) is 2.12. The van der Waals surface area contributed by atoms with Crippen LogP contribution in [0, 0.1) is 5.92 Å². The Kier molecular flexibility index (Phi) is 3.87. The molecule has 0 saturated heterocycles. The normalized spacial score (nSPS) is 21.4. The number of rotatable bonds is 3. The summed E-state index contributed by atoms with van der Waals surface area (Å²) in [6, 6.07) is 4.24. The molecule has 1 aromatic rings. The summed E-state index contributed by atoms with van der Waals surface area (Å²) >= 11 is 5.75. The Morgan fingerprint density at radius 1 is 1.37 bits per heavy atom. The Balaban J connectivity index is 2.11. The number of hydrogen-bond acceptors (Lipinski definition) is 3. The van der Waals surface area contributed by atoms with Crippen molar-refractivity contribution in [2.24, 2.45) is 11.7 Å². The molecule has 19 heavy (non-hydrogen) atoms. The van der Waals surface area contributed by atoms with Crippen LogP contribution in [0.3, 0.4) is 0 Å². The lowest BCUT2D eigenvalue weighted by molar-refractivity contribution is -0.118. The molecule has 0 radical (unpaired) electrons. The Labute approximate surface area is 115 Å². The molecule has 4 N–H and O–H groups in total. The summed E-state index contributed by atoms with van der Waals surface area (Å²) in [4.78, 5) is 22.9. The molecule has 0 heterocycles. The predicted molar refractivity (Wildman–Crippen MR) is 72.3 cm³/mol. The number of halogens is 1. The summed E-state index contributed by atoms with van der Waals surface area (Å²) in [7, 11) is 0. The Morgan fingerprint density at radius 3 is 2.68 bits per heavy atom.